The van der Waals surface area contributed by atoms with Crippen LogP contribution in [-0.4, -0.2) is 35.0 Å². The minimum Gasteiger partial charge on any atom is -0.457 e. The number of nitrogens with zero attached hydrogens (tertiary/aromatic N) is 1. The minimum atomic E-state index is -0.739. The molecule has 0 bridgehead atoms. The lowest BCUT2D eigenvalue weighted by atomic mass is 10.0. The van der Waals surface area contributed by atoms with E-state index in [1.807, 2.05) is 42.5 Å². The van der Waals surface area contributed by atoms with Crippen molar-refractivity contribution in [1.29, 1.82) is 0 Å². The zero-order valence-electron chi connectivity index (χ0n) is 18.6. The first-order valence-electron chi connectivity index (χ1n) is 10.7. The Labute approximate surface area is 200 Å². The number of H-pyrrole nitrogens is 1. The molecule has 4 N–H and O–H groups in total. The first kappa shape index (κ1) is 23.2. The monoisotopic (exact) mass is 470 g/mol. The molecular formula is C26H22N4O5. The molecule has 2 amide bonds. The highest BCUT2D eigenvalue weighted by Gasteiger charge is 2.18. The van der Waals surface area contributed by atoms with Crippen LogP contribution in [0.2, 0.25) is 0 Å². The molecule has 0 aliphatic carbocycles. The van der Waals surface area contributed by atoms with E-state index >= 15 is 0 Å². The quantitative estimate of drug-likeness (QED) is 0.184. The number of imidazole rings is 1. The van der Waals surface area contributed by atoms with Crippen LogP contribution in [0.25, 0.3) is 11.1 Å². The molecule has 4 rings (SSSR count). The summed E-state index contributed by atoms with van der Waals surface area (Å²) in [5.74, 6) is -0.109. The fourth-order valence-electron chi connectivity index (χ4n) is 3.43. The molecular weight excluding hydrogens is 448 g/mol. The van der Waals surface area contributed by atoms with E-state index in [1.165, 1.54) is 0 Å². The van der Waals surface area contributed by atoms with Gasteiger partial charge in [-0.1, -0.05) is 54.6 Å². The van der Waals surface area contributed by atoms with E-state index in [-0.39, 0.29) is 18.3 Å². The summed E-state index contributed by atoms with van der Waals surface area (Å²) in [5.41, 5.74) is 8.81. The van der Waals surface area contributed by atoms with Gasteiger partial charge in [-0.2, -0.15) is 0 Å². The van der Waals surface area contributed by atoms with Crippen LogP contribution >= 0.6 is 0 Å². The molecule has 0 saturated carbocycles. The zero-order valence-corrected chi connectivity index (χ0v) is 18.6. The number of aromatic nitrogens is 2. The summed E-state index contributed by atoms with van der Waals surface area (Å²) in [4.78, 5) is 42.1. The summed E-state index contributed by atoms with van der Waals surface area (Å²) in [7, 11) is 0. The van der Waals surface area contributed by atoms with Gasteiger partial charge in [-0.3, -0.25) is 14.4 Å². The van der Waals surface area contributed by atoms with Crippen molar-refractivity contribution in [2.45, 2.75) is 6.42 Å². The van der Waals surface area contributed by atoms with Crippen molar-refractivity contribution in [1.82, 2.24) is 9.97 Å². The van der Waals surface area contributed by atoms with E-state index in [4.69, 9.17) is 10.5 Å². The average molecular weight is 470 g/mol. The van der Waals surface area contributed by atoms with Gasteiger partial charge < -0.3 is 25.5 Å². The molecule has 35 heavy (non-hydrogen) atoms. The van der Waals surface area contributed by atoms with Crippen molar-refractivity contribution in [3.63, 3.8) is 0 Å². The number of amides is 2. The molecule has 0 aliphatic rings. The van der Waals surface area contributed by atoms with E-state index in [0.29, 0.717) is 30.0 Å². The van der Waals surface area contributed by atoms with Crippen molar-refractivity contribution in [3.8, 4) is 16.9 Å². The van der Waals surface area contributed by atoms with Crippen molar-refractivity contribution >= 4 is 24.1 Å². The van der Waals surface area contributed by atoms with Gasteiger partial charge in [0, 0.05) is 12.0 Å². The molecule has 0 spiro atoms. The number of hydrogen-bond acceptors (Lipinski definition) is 6. The number of ether oxygens (including phenoxy) is 2. The Bertz CT molecular complexity index is 1320. The van der Waals surface area contributed by atoms with Gasteiger partial charge in [0.25, 0.3) is 18.3 Å². The van der Waals surface area contributed by atoms with Gasteiger partial charge in [-0.15, -0.1) is 0 Å². The summed E-state index contributed by atoms with van der Waals surface area (Å²) in [6.45, 7) is 0.124. The second-order valence-electron chi connectivity index (χ2n) is 7.51. The van der Waals surface area contributed by atoms with Gasteiger partial charge >= 0.3 is 0 Å². The standard InChI is InChI=1S/C26H22N4O5/c27-24(32)23-25(29-22(28-23)14-17-6-12-21(13-7-17)35-16-34-15-31)30-26(33)20-10-8-19(9-11-20)18-4-2-1-3-5-18/h1-13,15H,14,16H2,(H2,27,32)(H,28,29)(H,30,33). The summed E-state index contributed by atoms with van der Waals surface area (Å²) in [6.07, 6.45) is 0.354. The number of hydrogen-bond donors (Lipinski definition) is 3. The summed E-state index contributed by atoms with van der Waals surface area (Å²) < 4.78 is 9.73. The molecule has 0 unspecified atom stereocenters. The van der Waals surface area contributed by atoms with Crippen LogP contribution in [0.5, 0.6) is 5.75 Å². The molecule has 176 valence electrons. The first-order valence-corrected chi connectivity index (χ1v) is 10.7. The zero-order chi connectivity index (χ0) is 24.6. The summed E-state index contributed by atoms with van der Waals surface area (Å²) in [5, 5.41) is 2.67. The molecule has 0 atom stereocenters. The Morgan fingerprint density at radius 1 is 0.943 bits per heavy atom. The second kappa shape index (κ2) is 10.8. The van der Waals surface area contributed by atoms with Crippen LogP contribution in [0.4, 0.5) is 5.82 Å². The number of anilines is 1. The number of nitrogens with one attached hydrogen (secondary N) is 2. The Morgan fingerprint density at radius 2 is 1.63 bits per heavy atom. The molecule has 0 fully saturated rings. The maximum atomic E-state index is 12.8. The van der Waals surface area contributed by atoms with Gasteiger partial charge in [0.2, 0.25) is 6.79 Å². The largest absolute Gasteiger partial charge is 0.457 e. The van der Waals surface area contributed by atoms with E-state index in [0.717, 1.165) is 16.7 Å². The average Bonchev–Trinajstić information content (AvgIpc) is 3.28. The first-order chi connectivity index (χ1) is 17.0. The van der Waals surface area contributed by atoms with Gasteiger partial charge in [0.15, 0.2) is 5.82 Å². The number of rotatable bonds is 10. The third kappa shape index (κ3) is 5.91. The highest BCUT2D eigenvalue weighted by atomic mass is 16.7. The number of carbonyl (C=O) groups is 3. The van der Waals surface area contributed by atoms with Crippen LogP contribution in [-0.2, 0) is 16.0 Å². The molecule has 0 saturated heterocycles. The van der Waals surface area contributed by atoms with Crippen LogP contribution in [0, 0.1) is 0 Å². The van der Waals surface area contributed by atoms with Crippen molar-refractivity contribution < 1.29 is 23.9 Å². The molecule has 0 aliphatic heterocycles. The molecule has 4 aromatic rings. The van der Waals surface area contributed by atoms with E-state index in [2.05, 4.69) is 20.0 Å². The maximum Gasteiger partial charge on any atom is 0.295 e. The SMILES string of the molecule is NC(=O)c1[nH]c(Cc2ccc(OCOC=O)cc2)nc1NC(=O)c1ccc(-c2ccccc2)cc1. The van der Waals surface area contributed by atoms with Crippen molar-refractivity contribution in [2.75, 3.05) is 12.1 Å². The van der Waals surface area contributed by atoms with E-state index in [1.54, 1.807) is 36.4 Å². The number of nitrogens with two attached hydrogens (primary N) is 1. The summed E-state index contributed by atoms with van der Waals surface area (Å²) in [6, 6.07) is 24.0. The van der Waals surface area contributed by atoms with Crippen LogP contribution in [0.15, 0.2) is 78.9 Å². The van der Waals surface area contributed by atoms with Crippen molar-refractivity contribution in [2.24, 2.45) is 5.73 Å². The van der Waals surface area contributed by atoms with Crippen LogP contribution in [0.1, 0.15) is 32.2 Å². The number of carbonyl (C=O) groups excluding carboxylic acids is 3. The molecule has 0 radical (unpaired) electrons. The Hall–Kier alpha value is -4.92. The minimum absolute atomic E-state index is 0.0141. The lowest BCUT2D eigenvalue weighted by Crippen LogP contribution is -2.18. The van der Waals surface area contributed by atoms with Crippen LogP contribution < -0.4 is 15.8 Å². The van der Waals surface area contributed by atoms with Crippen LogP contribution in [0.3, 0.4) is 0 Å². The highest BCUT2D eigenvalue weighted by Crippen LogP contribution is 2.21. The topological polar surface area (TPSA) is 136 Å². The van der Waals surface area contributed by atoms with Gasteiger partial charge in [0.05, 0.1) is 0 Å². The molecule has 3 aromatic carbocycles. The van der Waals surface area contributed by atoms with Crippen molar-refractivity contribution in [3.05, 3.63) is 102 Å². The smallest absolute Gasteiger partial charge is 0.295 e. The Morgan fingerprint density at radius 3 is 2.29 bits per heavy atom. The fourth-order valence-corrected chi connectivity index (χ4v) is 3.43. The number of benzene rings is 3. The third-order valence-electron chi connectivity index (χ3n) is 5.14. The fraction of sp³-hybridized carbons (Fsp3) is 0.0769. The third-order valence-corrected chi connectivity index (χ3v) is 5.14. The maximum absolute atomic E-state index is 12.8. The molecule has 9 heteroatoms. The number of primary amides is 1. The Kier molecular flexibility index (Phi) is 7.17. The molecule has 1 heterocycles. The van der Waals surface area contributed by atoms with E-state index in [9.17, 15) is 14.4 Å². The van der Waals surface area contributed by atoms with Gasteiger partial charge in [-0.25, -0.2) is 4.98 Å². The predicted octanol–water partition coefficient (Wildman–Crippen LogP) is 3.53. The van der Waals surface area contributed by atoms with Gasteiger partial charge in [-0.05, 0) is 41.0 Å². The highest BCUT2D eigenvalue weighted by molar-refractivity contribution is 6.07. The lowest BCUT2D eigenvalue weighted by molar-refractivity contribution is -0.134. The van der Waals surface area contributed by atoms with Gasteiger partial charge in [0.1, 0.15) is 17.3 Å². The summed E-state index contributed by atoms with van der Waals surface area (Å²) >= 11 is 0. The number of aromatic amines is 1. The molecule has 9 nitrogen and oxygen atoms in total. The second-order valence-corrected chi connectivity index (χ2v) is 7.51. The van der Waals surface area contributed by atoms with E-state index < -0.39 is 11.8 Å². The Balaban J connectivity index is 1.45. The lowest BCUT2D eigenvalue weighted by Gasteiger charge is -2.06. The normalized spacial score (nSPS) is 10.4. The molecule has 1 aromatic heterocycles. The predicted molar refractivity (Wildman–Crippen MR) is 129 cm³/mol.